The van der Waals surface area contributed by atoms with Crippen LogP contribution < -0.4 is 5.32 Å². The number of hydrogen-bond donors (Lipinski definition) is 1. The Kier molecular flexibility index (Phi) is 7.45. The van der Waals surface area contributed by atoms with Crippen molar-refractivity contribution in [2.24, 2.45) is 5.92 Å². The van der Waals surface area contributed by atoms with Gasteiger partial charge in [-0.25, -0.2) is 18.6 Å². The molecule has 184 valence electrons. The summed E-state index contributed by atoms with van der Waals surface area (Å²) in [5.74, 6) is -0.957. The molecular weight excluding hydrogens is 460 g/mol. The minimum Gasteiger partial charge on any atom is -0.444 e. The molecule has 2 amide bonds. The Morgan fingerprint density at radius 2 is 1.97 bits per heavy atom. The molecule has 4 atom stereocenters. The molecule has 2 unspecified atom stereocenters. The minimum atomic E-state index is -1.49. The SMILES string of the molecule is C=C(/C=C\c1nc(NC(=O)[C@@H]2C[C@@H]2F)sc1C)C1=C(C)C=CC(N(C)C(=O)OC(C)(C)C)C1F. The molecule has 0 aliphatic heterocycles. The van der Waals surface area contributed by atoms with Gasteiger partial charge in [0.05, 0.1) is 17.7 Å². The number of ether oxygens (including phenoxy) is 1. The third-order valence-electron chi connectivity index (χ3n) is 5.57. The van der Waals surface area contributed by atoms with E-state index >= 15 is 4.39 Å². The van der Waals surface area contributed by atoms with Crippen LogP contribution in [0.2, 0.25) is 0 Å². The number of alkyl halides is 2. The second kappa shape index (κ2) is 9.82. The highest BCUT2D eigenvalue weighted by molar-refractivity contribution is 7.15. The molecule has 1 N–H and O–H groups in total. The summed E-state index contributed by atoms with van der Waals surface area (Å²) in [5.41, 5.74) is 1.48. The molecule has 2 aliphatic rings. The molecule has 6 nitrogen and oxygen atoms in total. The Morgan fingerprint density at radius 3 is 2.56 bits per heavy atom. The molecule has 1 aromatic heterocycles. The number of carbonyl (C=O) groups is 2. The van der Waals surface area contributed by atoms with E-state index in [4.69, 9.17) is 4.74 Å². The molecule has 34 heavy (non-hydrogen) atoms. The van der Waals surface area contributed by atoms with Gasteiger partial charge in [0.15, 0.2) is 5.13 Å². The number of halogens is 2. The van der Waals surface area contributed by atoms with Gasteiger partial charge in [-0.2, -0.15) is 0 Å². The lowest BCUT2D eigenvalue weighted by Crippen LogP contribution is -2.46. The van der Waals surface area contributed by atoms with Crippen molar-refractivity contribution in [1.82, 2.24) is 9.88 Å². The molecule has 9 heteroatoms. The highest BCUT2D eigenvalue weighted by atomic mass is 32.1. The first-order chi connectivity index (χ1) is 15.8. The van der Waals surface area contributed by atoms with Gasteiger partial charge in [-0.15, -0.1) is 11.3 Å². The van der Waals surface area contributed by atoms with Crippen LogP contribution in [0.4, 0.5) is 18.7 Å². The summed E-state index contributed by atoms with van der Waals surface area (Å²) in [5, 5.41) is 3.04. The summed E-state index contributed by atoms with van der Waals surface area (Å²) in [7, 11) is 1.51. The second-order valence-corrected chi connectivity index (χ2v) is 10.8. The van der Waals surface area contributed by atoms with E-state index < -0.39 is 36.0 Å². The summed E-state index contributed by atoms with van der Waals surface area (Å²) in [6.45, 7) is 12.9. The van der Waals surface area contributed by atoms with Crippen molar-refractivity contribution >= 4 is 34.5 Å². The third-order valence-corrected chi connectivity index (χ3v) is 6.47. The monoisotopic (exact) mass is 491 g/mol. The molecule has 1 heterocycles. The zero-order chi connectivity index (χ0) is 25.4. The average Bonchev–Trinajstić information content (AvgIpc) is 3.35. The molecule has 0 radical (unpaired) electrons. The largest absolute Gasteiger partial charge is 0.444 e. The number of hydrogen-bond acceptors (Lipinski definition) is 5. The van der Waals surface area contributed by atoms with Crippen molar-refractivity contribution in [3.63, 3.8) is 0 Å². The van der Waals surface area contributed by atoms with Crippen molar-refractivity contribution in [3.05, 3.63) is 52.1 Å². The van der Waals surface area contributed by atoms with E-state index in [2.05, 4.69) is 16.9 Å². The molecule has 0 saturated heterocycles. The van der Waals surface area contributed by atoms with Gasteiger partial charge >= 0.3 is 6.09 Å². The smallest absolute Gasteiger partial charge is 0.410 e. The molecule has 2 aliphatic carbocycles. The molecular formula is C25H31F2N3O3S. The molecule has 1 fully saturated rings. The summed E-state index contributed by atoms with van der Waals surface area (Å²) in [4.78, 5) is 30.9. The van der Waals surface area contributed by atoms with Crippen molar-refractivity contribution in [2.45, 2.75) is 65.0 Å². The Hall–Kier alpha value is -2.81. The second-order valence-electron chi connectivity index (χ2n) is 9.61. The summed E-state index contributed by atoms with van der Waals surface area (Å²) in [6, 6.07) is -0.830. The molecule has 0 bridgehead atoms. The topological polar surface area (TPSA) is 71.5 Å². The number of anilines is 1. The quantitative estimate of drug-likeness (QED) is 0.512. The predicted molar refractivity (Wildman–Crippen MR) is 131 cm³/mol. The third kappa shape index (κ3) is 6.00. The van der Waals surface area contributed by atoms with Gasteiger partial charge in [-0.1, -0.05) is 24.8 Å². The van der Waals surface area contributed by atoms with Gasteiger partial charge < -0.3 is 15.0 Å². The maximum atomic E-state index is 15.6. The Bertz CT molecular complexity index is 1080. The number of allylic oxidation sites excluding steroid dienone is 4. The first kappa shape index (κ1) is 25.8. The van der Waals surface area contributed by atoms with E-state index in [0.717, 1.165) is 4.88 Å². The maximum Gasteiger partial charge on any atom is 0.410 e. The van der Waals surface area contributed by atoms with Crippen LogP contribution in [-0.4, -0.2) is 52.9 Å². The van der Waals surface area contributed by atoms with E-state index in [-0.39, 0.29) is 12.3 Å². The number of thiazole rings is 1. The fourth-order valence-corrected chi connectivity index (χ4v) is 4.35. The number of amides is 2. The Balaban J connectivity index is 1.70. The first-order valence-corrected chi connectivity index (χ1v) is 11.9. The highest BCUT2D eigenvalue weighted by Gasteiger charge is 2.44. The summed E-state index contributed by atoms with van der Waals surface area (Å²) in [6.07, 6.45) is 3.87. The number of nitrogens with zero attached hydrogens (tertiary/aromatic N) is 2. The van der Waals surface area contributed by atoms with E-state index in [1.165, 1.54) is 23.3 Å². The molecule has 0 aromatic carbocycles. The number of rotatable bonds is 6. The van der Waals surface area contributed by atoms with Crippen LogP contribution in [0.1, 0.15) is 44.7 Å². The fourth-order valence-electron chi connectivity index (χ4n) is 3.55. The van der Waals surface area contributed by atoms with Gasteiger partial charge in [0.25, 0.3) is 0 Å². The van der Waals surface area contributed by atoms with E-state index in [1.807, 2.05) is 6.92 Å². The van der Waals surface area contributed by atoms with Crippen LogP contribution in [0.15, 0.2) is 41.5 Å². The zero-order valence-electron chi connectivity index (χ0n) is 20.3. The molecule has 3 rings (SSSR count). The van der Waals surface area contributed by atoms with E-state index in [0.29, 0.717) is 27.5 Å². The van der Waals surface area contributed by atoms with Crippen molar-refractivity contribution < 1.29 is 23.1 Å². The van der Waals surface area contributed by atoms with Crippen LogP contribution in [-0.2, 0) is 9.53 Å². The van der Waals surface area contributed by atoms with Crippen molar-refractivity contribution in [2.75, 3.05) is 12.4 Å². The highest BCUT2D eigenvalue weighted by Crippen LogP contribution is 2.36. The normalized spacial score (nSPS) is 24.4. The van der Waals surface area contributed by atoms with Crippen LogP contribution in [0.25, 0.3) is 6.08 Å². The van der Waals surface area contributed by atoms with Crippen LogP contribution >= 0.6 is 11.3 Å². The van der Waals surface area contributed by atoms with Crippen LogP contribution in [0, 0.1) is 12.8 Å². The molecule has 0 spiro atoms. The van der Waals surface area contributed by atoms with Gasteiger partial charge in [0.1, 0.15) is 17.9 Å². The van der Waals surface area contributed by atoms with Crippen molar-refractivity contribution in [3.8, 4) is 0 Å². The summed E-state index contributed by atoms with van der Waals surface area (Å²) >= 11 is 1.29. The number of aryl methyl sites for hydroxylation is 1. The van der Waals surface area contributed by atoms with Gasteiger partial charge in [0.2, 0.25) is 5.91 Å². The predicted octanol–water partition coefficient (Wildman–Crippen LogP) is 5.78. The number of likely N-dealkylation sites (N-methyl/N-ethyl adjacent to an activating group) is 1. The first-order valence-electron chi connectivity index (χ1n) is 11.1. The number of carbonyl (C=O) groups excluding carboxylic acids is 2. The van der Waals surface area contributed by atoms with E-state index in [1.54, 1.807) is 52.0 Å². The minimum absolute atomic E-state index is 0.250. The van der Waals surface area contributed by atoms with Gasteiger partial charge in [0, 0.05) is 11.9 Å². The lowest BCUT2D eigenvalue weighted by Gasteiger charge is -2.34. The lowest BCUT2D eigenvalue weighted by atomic mass is 9.87. The van der Waals surface area contributed by atoms with Crippen LogP contribution in [0.3, 0.4) is 0 Å². The molecule has 1 aromatic rings. The zero-order valence-corrected chi connectivity index (χ0v) is 21.1. The standard InChI is InChI=1S/C25H31F2N3O3S/c1-13(8-10-18-15(3)34-23(28-18)29-22(31)16-12-17(16)26)20-14(2)9-11-19(21(20)27)30(7)24(32)33-25(4,5)6/h8-11,16-17,19,21H,1,12H2,2-7H3,(H,28,29,31)/b10-8-/t16-,17+,19?,21?/m1/s1. The van der Waals surface area contributed by atoms with Gasteiger partial charge in [-0.05, 0) is 63.8 Å². The number of nitrogens with one attached hydrogen (secondary N) is 1. The average molecular weight is 492 g/mol. The Morgan fingerprint density at radius 1 is 1.32 bits per heavy atom. The number of aromatic nitrogens is 1. The maximum absolute atomic E-state index is 15.6. The molecule has 1 saturated carbocycles. The van der Waals surface area contributed by atoms with Crippen molar-refractivity contribution in [1.29, 1.82) is 0 Å². The Labute approximate surface area is 203 Å². The van der Waals surface area contributed by atoms with E-state index in [9.17, 15) is 14.0 Å². The summed E-state index contributed by atoms with van der Waals surface area (Å²) < 4.78 is 34.0. The van der Waals surface area contributed by atoms with Gasteiger partial charge in [-0.3, -0.25) is 4.79 Å². The van der Waals surface area contributed by atoms with Crippen LogP contribution in [0.5, 0.6) is 0 Å². The lowest BCUT2D eigenvalue weighted by molar-refractivity contribution is -0.117. The fraction of sp³-hybridized carbons (Fsp3) is 0.480.